The van der Waals surface area contributed by atoms with Gasteiger partial charge in [-0.3, -0.25) is 9.59 Å². The predicted octanol–water partition coefficient (Wildman–Crippen LogP) is 6.31. The van der Waals surface area contributed by atoms with Crippen molar-refractivity contribution in [1.29, 1.82) is 0 Å². The van der Waals surface area contributed by atoms with Crippen molar-refractivity contribution in [1.82, 2.24) is 9.88 Å². The molecular weight excluding hydrogens is 564 g/mol. The second-order valence-electron chi connectivity index (χ2n) is 10.1. The van der Waals surface area contributed by atoms with E-state index >= 15 is 4.39 Å². The fourth-order valence-electron chi connectivity index (χ4n) is 5.35. The number of thiazole rings is 1. The standard InChI is InChI=1S/C28H30Cl2FN3O4S/c1-37-27(36)16-4-8-19(9-5-16)38-28(31,34-12-2-3-13-34)25(35)24(32)17-6-10-20(21(30)14-17)26-33-22-11-7-18(29)15-23(22)39-26/h6-7,10-11,14-16,19,24H,2-5,8-9,12-13,32H2,1H3/t16?,19?,24-,28?/m0/s1. The number of Topliss-reactive ketones (excluding diaryl/α,β-unsaturated/α-hetero) is 1. The van der Waals surface area contributed by atoms with Gasteiger partial charge in [0.05, 0.1) is 40.4 Å². The second-order valence-corrected chi connectivity index (χ2v) is 12.0. The zero-order valence-corrected chi connectivity index (χ0v) is 23.8. The zero-order chi connectivity index (χ0) is 27.7. The van der Waals surface area contributed by atoms with E-state index in [4.69, 9.17) is 38.4 Å². The number of ketones is 1. The van der Waals surface area contributed by atoms with Crippen molar-refractivity contribution in [2.24, 2.45) is 11.7 Å². The monoisotopic (exact) mass is 593 g/mol. The number of aromatic nitrogens is 1. The molecule has 1 saturated heterocycles. The molecule has 5 rings (SSSR count). The minimum absolute atomic E-state index is 0.235. The molecule has 0 amide bonds. The number of hydrogen-bond donors (Lipinski definition) is 1. The predicted molar refractivity (Wildman–Crippen MR) is 151 cm³/mol. The average molecular weight is 595 g/mol. The highest BCUT2D eigenvalue weighted by molar-refractivity contribution is 7.21. The lowest BCUT2D eigenvalue weighted by Crippen LogP contribution is -2.56. The fourth-order valence-corrected chi connectivity index (χ4v) is 6.97. The number of esters is 1. The summed E-state index contributed by atoms with van der Waals surface area (Å²) in [7, 11) is 1.36. The van der Waals surface area contributed by atoms with Crippen molar-refractivity contribution in [3.8, 4) is 10.6 Å². The van der Waals surface area contributed by atoms with Crippen LogP contribution < -0.4 is 5.73 Å². The first-order valence-electron chi connectivity index (χ1n) is 13.0. The summed E-state index contributed by atoms with van der Waals surface area (Å²) in [4.78, 5) is 31.6. The molecule has 0 radical (unpaired) electrons. The summed E-state index contributed by atoms with van der Waals surface area (Å²) in [5.41, 5.74) is 8.24. The van der Waals surface area contributed by atoms with Gasteiger partial charge in [0.15, 0.2) is 0 Å². The molecule has 1 unspecified atom stereocenters. The van der Waals surface area contributed by atoms with Gasteiger partial charge in [-0.05, 0) is 68.4 Å². The molecule has 11 heteroatoms. The second kappa shape index (κ2) is 11.8. The molecule has 0 spiro atoms. The van der Waals surface area contributed by atoms with E-state index < -0.39 is 23.9 Å². The van der Waals surface area contributed by atoms with Gasteiger partial charge >= 0.3 is 11.9 Å². The molecule has 2 heterocycles. The Morgan fingerprint density at radius 3 is 2.51 bits per heavy atom. The summed E-state index contributed by atoms with van der Waals surface area (Å²) < 4.78 is 28.3. The van der Waals surface area contributed by atoms with E-state index in [1.807, 2.05) is 12.1 Å². The molecule has 39 heavy (non-hydrogen) atoms. The number of alkyl halides is 1. The van der Waals surface area contributed by atoms with Gasteiger partial charge in [0.25, 0.3) is 0 Å². The maximum Gasteiger partial charge on any atom is 0.331 e. The Balaban J connectivity index is 1.35. The lowest BCUT2D eigenvalue weighted by molar-refractivity contribution is -0.253. The van der Waals surface area contributed by atoms with Crippen molar-refractivity contribution in [3.63, 3.8) is 0 Å². The van der Waals surface area contributed by atoms with E-state index in [9.17, 15) is 9.59 Å². The Labute approximate surface area is 240 Å². The molecule has 3 aromatic rings. The Morgan fingerprint density at radius 1 is 1.13 bits per heavy atom. The number of likely N-dealkylation sites (tertiary alicyclic amines) is 1. The lowest BCUT2D eigenvalue weighted by Gasteiger charge is -2.38. The molecule has 1 saturated carbocycles. The summed E-state index contributed by atoms with van der Waals surface area (Å²) in [6, 6.07) is 9.18. The molecule has 1 aliphatic heterocycles. The van der Waals surface area contributed by atoms with Crippen LogP contribution in [0.2, 0.25) is 10.0 Å². The van der Waals surface area contributed by atoms with Gasteiger partial charge in [-0.15, -0.1) is 11.3 Å². The number of hydrogen-bond acceptors (Lipinski definition) is 8. The largest absolute Gasteiger partial charge is 0.469 e. The topological polar surface area (TPSA) is 94.8 Å². The number of fused-ring (bicyclic) bond motifs is 1. The quantitative estimate of drug-likeness (QED) is 0.241. The number of halogens is 3. The summed E-state index contributed by atoms with van der Waals surface area (Å²) in [5.74, 6) is -4.04. The Kier molecular flexibility index (Phi) is 8.56. The molecule has 0 bridgehead atoms. The maximum atomic E-state index is 16.7. The van der Waals surface area contributed by atoms with Crippen LogP contribution in [0.15, 0.2) is 36.4 Å². The van der Waals surface area contributed by atoms with Crippen molar-refractivity contribution in [3.05, 3.63) is 52.0 Å². The van der Waals surface area contributed by atoms with E-state index in [0.717, 1.165) is 23.1 Å². The Hall–Kier alpha value is -2.14. The van der Waals surface area contributed by atoms with Gasteiger partial charge < -0.3 is 15.2 Å². The average Bonchev–Trinajstić information content (AvgIpc) is 3.62. The minimum atomic E-state index is -2.67. The number of nitrogens with two attached hydrogens (primary N) is 1. The normalized spacial score (nSPS) is 22.5. The molecule has 2 aliphatic rings. The van der Waals surface area contributed by atoms with E-state index in [2.05, 4.69) is 4.98 Å². The van der Waals surface area contributed by atoms with Gasteiger partial charge in [0, 0.05) is 23.7 Å². The van der Waals surface area contributed by atoms with Crippen molar-refractivity contribution >= 4 is 56.5 Å². The number of nitrogens with zero attached hydrogens (tertiary/aromatic N) is 2. The molecule has 7 nitrogen and oxygen atoms in total. The molecule has 208 valence electrons. The molecule has 2 aromatic carbocycles. The Bertz CT molecular complexity index is 1370. The SMILES string of the molecule is COC(=O)C1CCC(OC(F)(C(=O)[C@@H](N)c2ccc(-c3nc4ccc(Cl)cc4s3)c(Cl)c2)N2CCCC2)CC1. The van der Waals surface area contributed by atoms with E-state index in [1.165, 1.54) is 23.3 Å². The van der Waals surface area contributed by atoms with Gasteiger partial charge in [-0.1, -0.05) is 35.3 Å². The highest BCUT2D eigenvalue weighted by Crippen LogP contribution is 2.39. The van der Waals surface area contributed by atoms with Crippen molar-refractivity contribution < 1.29 is 23.5 Å². The first-order chi connectivity index (χ1) is 18.7. The number of methoxy groups -OCH3 is 1. The number of carbonyl (C=O) groups excluding carboxylic acids is 2. The highest BCUT2D eigenvalue weighted by atomic mass is 35.5. The number of benzene rings is 2. The van der Waals surface area contributed by atoms with Gasteiger partial charge in [-0.2, -0.15) is 4.39 Å². The molecular formula is C28H30Cl2FN3O4S. The first kappa shape index (κ1) is 28.4. The van der Waals surface area contributed by atoms with Crippen LogP contribution in [0.3, 0.4) is 0 Å². The minimum Gasteiger partial charge on any atom is -0.469 e. The third-order valence-corrected chi connectivity index (χ3v) is 9.16. The fraction of sp³-hybridized carbons (Fsp3) is 0.464. The maximum absolute atomic E-state index is 16.7. The van der Waals surface area contributed by atoms with Gasteiger partial charge in [-0.25, -0.2) is 9.88 Å². The third-order valence-electron chi connectivity index (χ3n) is 7.56. The summed E-state index contributed by atoms with van der Waals surface area (Å²) >= 11 is 14.2. The van der Waals surface area contributed by atoms with Gasteiger partial charge in [0.2, 0.25) is 5.78 Å². The van der Waals surface area contributed by atoms with Crippen LogP contribution in [0.1, 0.15) is 50.1 Å². The van der Waals surface area contributed by atoms with E-state index in [1.54, 1.807) is 24.3 Å². The van der Waals surface area contributed by atoms with Crippen LogP contribution in [-0.4, -0.2) is 53.9 Å². The summed E-state index contributed by atoms with van der Waals surface area (Å²) in [5, 5.41) is 1.68. The van der Waals surface area contributed by atoms with Crippen LogP contribution in [0.4, 0.5) is 4.39 Å². The Morgan fingerprint density at radius 2 is 1.85 bits per heavy atom. The number of ether oxygens (including phenoxy) is 2. The lowest BCUT2D eigenvalue weighted by atomic mass is 9.87. The zero-order valence-electron chi connectivity index (χ0n) is 21.5. The number of rotatable bonds is 8. The van der Waals surface area contributed by atoms with Crippen LogP contribution in [0.25, 0.3) is 20.8 Å². The third kappa shape index (κ3) is 5.85. The van der Waals surface area contributed by atoms with Crippen molar-refractivity contribution in [2.75, 3.05) is 20.2 Å². The van der Waals surface area contributed by atoms with Crippen LogP contribution in [-0.2, 0) is 19.1 Å². The first-order valence-corrected chi connectivity index (χ1v) is 14.6. The van der Waals surface area contributed by atoms with Crippen LogP contribution in [0.5, 0.6) is 0 Å². The molecule has 2 N–H and O–H groups in total. The highest BCUT2D eigenvalue weighted by Gasteiger charge is 2.51. The molecule has 1 aromatic heterocycles. The van der Waals surface area contributed by atoms with E-state index in [-0.39, 0.29) is 11.9 Å². The summed E-state index contributed by atoms with van der Waals surface area (Å²) in [6.45, 7) is 0.793. The molecule has 2 atom stereocenters. The molecule has 2 fully saturated rings. The van der Waals surface area contributed by atoms with Gasteiger partial charge in [0.1, 0.15) is 5.01 Å². The number of carbonyl (C=O) groups is 2. The molecule has 1 aliphatic carbocycles. The van der Waals surface area contributed by atoms with Crippen LogP contribution in [0, 0.1) is 5.92 Å². The summed E-state index contributed by atoms with van der Waals surface area (Å²) in [6.07, 6.45) is 2.96. The van der Waals surface area contributed by atoms with Crippen LogP contribution >= 0.6 is 34.5 Å². The van der Waals surface area contributed by atoms with Crippen molar-refractivity contribution in [2.45, 2.75) is 56.6 Å². The smallest absolute Gasteiger partial charge is 0.331 e. The van der Waals surface area contributed by atoms with E-state index in [0.29, 0.717) is 65.0 Å².